The van der Waals surface area contributed by atoms with Crippen LogP contribution in [0.15, 0.2) is 30.3 Å². The van der Waals surface area contributed by atoms with Gasteiger partial charge < -0.3 is 10.2 Å². The Hall–Kier alpha value is -1.84. The first-order valence-electron chi connectivity index (χ1n) is 7.33. The second-order valence-electron chi connectivity index (χ2n) is 5.20. The van der Waals surface area contributed by atoms with Crippen LogP contribution in [-0.4, -0.2) is 29.3 Å². The first kappa shape index (κ1) is 14.6. The van der Waals surface area contributed by atoms with Crippen LogP contribution in [0.25, 0.3) is 0 Å². The molecular weight excluding hydrogens is 252 g/mol. The van der Waals surface area contributed by atoms with Crippen LogP contribution < -0.4 is 5.32 Å². The van der Waals surface area contributed by atoms with Crippen LogP contribution in [0.1, 0.15) is 38.2 Å². The number of benzene rings is 1. The number of carbonyl (C=O) groups excluding carboxylic acids is 2. The van der Waals surface area contributed by atoms with E-state index in [1.807, 2.05) is 37.3 Å². The maximum absolute atomic E-state index is 12.2. The van der Waals surface area contributed by atoms with Crippen LogP contribution in [0.2, 0.25) is 0 Å². The van der Waals surface area contributed by atoms with Crippen molar-refractivity contribution in [3.8, 4) is 0 Å². The minimum absolute atomic E-state index is 0.0317. The first-order valence-corrected chi connectivity index (χ1v) is 7.33. The van der Waals surface area contributed by atoms with Gasteiger partial charge in [0.1, 0.15) is 6.04 Å². The minimum Gasteiger partial charge on any atom is -0.350 e. The van der Waals surface area contributed by atoms with E-state index < -0.39 is 0 Å². The van der Waals surface area contributed by atoms with Crippen molar-refractivity contribution in [3.05, 3.63) is 35.9 Å². The Kier molecular flexibility index (Phi) is 5.16. The fourth-order valence-electron chi connectivity index (χ4n) is 2.60. The standard InChI is InChI=1S/C16H22N2O2/c1-2-7-15(19)18-11-6-10-14(18)16(20)17-12-13-8-4-3-5-9-13/h3-5,8-9,14H,2,6-7,10-12H2,1H3,(H,17,20)/t14-/m0/s1. The molecule has 2 amide bonds. The predicted molar refractivity (Wildman–Crippen MR) is 77.9 cm³/mol. The molecule has 1 heterocycles. The average Bonchev–Trinajstić information content (AvgIpc) is 2.96. The average molecular weight is 274 g/mol. The summed E-state index contributed by atoms with van der Waals surface area (Å²) in [6.07, 6.45) is 3.05. The number of amides is 2. The zero-order chi connectivity index (χ0) is 14.4. The fraction of sp³-hybridized carbons (Fsp3) is 0.500. The molecule has 0 bridgehead atoms. The predicted octanol–water partition coefficient (Wildman–Crippen LogP) is 2.09. The summed E-state index contributed by atoms with van der Waals surface area (Å²) in [6.45, 7) is 3.21. The summed E-state index contributed by atoms with van der Waals surface area (Å²) in [5, 5.41) is 2.94. The van der Waals surface area contributed by atoms with E-state index in [1.165, 1.54) is 0 Å². The lowest BCUT2D eigenvalue weighted by molar-refractivity contribution is -0.138. The molecule has 0 aliphatic carbocycles. The molecule has 2 rings (SSSR count). The molecule has 1 atom stereocenters. The summed E-state index contributed by atoms with van der Waals surface area (Å²) in [5.74, 6) is 0.0701. The van der Waals surface area contributed by atoms with Crippen molar-refractivity contribution >= 4 is 11.8 Å². The van der Waals surface area contributed by atoms with Gasteiger partial charge in [0.05, 0.1) is 0 Å². The Morgan fingerprint density at radius 2 is 2.05 bits per heavy atom. The van der Waals surface area contributed by atoms with Crippen molar-refractivity contribution in [2.24, 2.45) is 0 Å². The Bertz CT molecular complexity index is 459. The summed E-state index contributed by atoms with van der Waals surface area (Å²) < 4.78 is 0. The summed E-state index contributed by atoms with van der Waals surface area (Å²) >= 11 is 0. The Labute approximate surface area is 120 Å². The van der Waals surface area contributed by atoms with E-state index in [4.69, 9.17) is 0 Å². The van der Waals surface area contributed by atoms with Crippen molar-refractivity contribution in [1.82, 2.24) is 10.2 Å². The second-order valence-corrected chi connectivity index (χ2v) is 5.20. The van der Waals surface area contributed by atoms with E-state index in [-0.39, 0.29) is 17.9 Å². The molecule has 0 unspecified atom stereocenters. The van der Waals surface area contributed by atoms with E-state index in [0.29, 0.717) is 19.5 Å². The highest BCUT2D eigenvalue weighted by Crippen LogP contribution is 2.19. The number of rotatable bonds is 5. The fourth-order valence-corrected chi connectivity index (χ4v) is 2.60. The van der Waals surface area contributed by atoms with Gasteiger partial charge in [-0.25, -0.2) is 0 Å². The topological polar surface area (TPSA) is 49.4 Å². The minimum atomic E-state index is -0.280. The van der Waals surface area contributed by atoms with Crippen LogP contribution in [-0.2, 0) is 16.1 Å². The number of hydrogen-bond acceptors (Lipinski definition) is 2. The van der Waals surface area contributed by atoms with Gasteiger partial charge in [-0.15, -0.1) is 0 Å². The SMILES string of the molecule is CCCC(=O)N1CCC[C@H]1C(=O)NCc1ccccc1. The lowest BCUT2D eigenvalue weighted by Crippen LogP contribution is -2.45. The second kappa shape index (κ2) is 7.08. The molecular formula is C16H22N2O2. The molecule has 1 aliphatic heterocycles. The molecule has 4 nitrogen and oxygen atoms in total. The van der Waals surface area contributed by atoms with Crippen molar-refractivity contribution in [2.75, 3.05) is 6.54 Å². The summed E-state index contributed by atoms with van der Waals surface area (Å²) in [5.41, 5.74) is 1.07. The maximum Gasteiger partial charge on any atom is 0.243 e. The van der Waals surface area contributed by atoms with Gasteiger partial charge in [0.25, 0.3) is 0 Å². The van der Waals surface area contributed by atoms with Crippen molar-refractivity contribution < 1.29 is 9.59 Å². The third-order valence-electron chi connectivity index (χ3n) is 3.65. The van der Waals surface area contributed by atoms with Gasteiger partial charge in [-0.2, -0.15) is 0 Å². The molecule has 1 N–H and O–H groups in total. The Balaban J connectivity index is 1.89. The highest BCUT2D eigenvalue weighted by atomic mass is 16.2. The number of hydrogen-bond donors (Lipinski definition) is 1. The zero-order valence-corrected chi connectivity index (χ0v) is 12.0. The molecule has 20 heavy (non-hydrogen) atoms. The van der Waals surface area contributed by atoms with E-state index in [2.05, 4.69) is 5.32 Å². The lowest BCUT2D eigenvalue weighted by atomic mass is 10.1. The number of nitrogens with one attached hydrogen (secondary N) is 1. The van der Waals surface area contributed by atoms with Crippen molar-refractivity contribution in [1.29, 1.82) is 0 Å². The Morgan fingerprint density at radius 1 is 1.30 bits per heavy atom. The van der Waals surface area contributed by atoms with E-state index in [9.17, 15) is 9.59 Å². The molecule has 4 heteroatoms. The van der Waals surface area contributed by atoms with Crippen LogP contribution in [0.3, 0.4) is 0 Å². The third kappa shape index (κ3) is 3.59. The molecule has 0 aromatic heterocycles. The van der Waals surface area contributed by atoms with Gasteiger partial charge in [-0.1, -0.05) is 37.3 Å². The van der Waals surface area contributed by atoms with Gasteiger partial charge in [0.15, 0.2) is 0 Å². The van der Waals surface area contributed by atoms with E-state index >= 15 is 0 Å². The quantitative estimate of drug-likeness (QED) is 0.894. The number of nitrogens with zero attached hydrogens (tertiary/aromatic N) is 1. The Morgan fingerprint density at radius 3 is 2.75 bits per heavy atom. The van der Waals surface area contributed by atoms with Gasteiger partial charge >= 0.3 is 0 Å². The lowest BCUT2D eigenvalue weighted by Gasteiger charge is -2.23. The summed E-state index contributed by atoms with van der Waals surface area (Å²) in [4.78, 5) is 26.0. The zero-order valence-electron chi connectivity index (χ0n) is 12.0. The van der Waals surface area contributed by atoms with Crippen LogP contribution in [0.4, 0.5) is 0 Å². The van der Waals surface area contributed by atoms with Crippen LogP contribution in [0.5, 0.6) is 0 Å². The number of carbonyl (C=O) groups is 2. The van der Waals surface area contributed by atoms with Crippen molar-refractivity contribution in [2.45, 2.75) is 45.2 Å². The highest BCUT2D eigenvalue weighted by Gasteiger charge is 2.33. The molecule has 0 saturated carbocycles. The summed E-state index contributed by atoms with van der Waals surface area (Å²) in [7, 11) is 0. The molecule has 1 saturated heterocycles. The monoisotopic (exact) mass is 274 g/mol. The highest BCUT2D eigenvalue weighted by molar-refractivity contribution is 5.88. The van der Waals surface area contributed by atoms with E-state index in [0.717, 1.165) is 24.8 Å². The van der Waals surface area contributed by atoms with Gasteiger partial charge in [0.2, 0.25) is 11.8 Å². The largest absolute Gasteiger partial charge is 0.350 e. The number of likely N-dealkylation sites (tertiary alicyclic amines) is 1. The van der Waals surface area contributed by atoms with Gasteiger partial charge in [-0.3, -0.25) is 9.59 Å². The van der Waals surface area contributed by atoms with Gasteiger partial charge in [0, 0.05) is 19.5 Å². The molecule has 108 valence electrons. The van der Waals surface area contributed by atoms with Crippen LogP contribution >= 0.6 is 0 Å². The summed E-state index contributed by atoms with van der Waals surface area (Å²) in [6, 6.07) is 9.54. The van der Waals surface area contributed by atoms with E-state index in [1.54, 1.807) is 4.90 Å². The molecule has 1 aromatic carbocycles. The molecule has 1 aromatic rings. The van der Waals surface area contributed by atoms with Crippen LogP contribution in [0, 0.1) is 0 Å². The van der Waals surface area contributed by atoms with Gasteiger partial charge in [-0.05, 0) is 24.8 Å². The smallest absolute Gasteiger partial charge is 0.243 e. The van der Waals surface area contributed by atoms with Crippen molar-refractivity contribution in [3.63, 3.8) is 0 Å². The maximum atomic E-state index is 12.2. The molecule has 0 radical (unpaired) electrons. The third-order valence-corrected chi connectivity index (χ3v) is 3.65. The first-order chi connectivity index (χ1) is 9.72. The molecule has 1 fully saturated rings. The normalized spacial score (nSPS) is 18.1. The molecule has 0 spiro atoms. The molecule has 1 aliphatic rings.